The van der Waals surface area contributed by atoms with Crippen molar-refractivity contribution in [3.63, 3.8) is 0 Å². The van der Waals surface area contributed by atoms with E-state index >= 15 is 0 Å². The highest BCUT2D eigenvalue weighted by Crippen LogP contribution is 2.58. The van der Waals surface area contributed by atoms with Gasteiger partial charge in [-0.2, -0.15) is 0 Å². The first-order valence-corrected chi connectivity index (χ1v) is 10.3. The average Bonchev–Trinajstić information content (AvgIpc) is 2.81. The minimum atomic E-state index is -1.38. The molecule has 19 heavy (non-hydrogen) atoms. The SMILES string of the molecule is CC(C)[Si](C(C)C)(C(C)C)[C@@H]1C[C@H]2C=CC(=O)[C@H]2C1. The normalized spacial score (nSPS) is 31.0. The molecule has 0 aromatic rings. The van der Waals surface area contributed by atoms with Crippen molar-refractivity contribution in [3.8, 4) is 0 Å². The fourth-order valence-electron chi connectivity index (χ4n) is 5.77. The van der Waals surface area contributed by atoms with E-state index in [1.165, 1.54) is 12.8 Å². The van der Waals surface area contributed by atoms with Gasteiger partial charge in [-0.25, -0.2) is 0 Å². The highest BCUT2D eigenvalue weighted by molar-refractivity contribution is 6.84. The summed E-state index contributed by atoms with van der Waals surface area (Å²) in [5.74, 6) is 1.32. The molecule has 0 bridgehead atoms. The van der Waals surface area contributed by atoms with Gasteiger partial charge in [0.05, 0.1) is 8.07 Å². The summed E-state index contributed by atoms with van der Waals surface area (Å²) < 4.78 is 0. The second-order valence-corrected chi connectivity index (χ2v) is 13.9. The average molecular weight is 279 g/mol. The Kier molecular flexibility index (Phi) is 4.11. The van der Waals surface area contributed by atoms with Crippen molar-refractivity contribution in [2.45, 2.75) is 76.5 Å². The Balaban J connectivity index is 2.31. The molecule has 0 saturated heterocycles. The van der Waals surface area contributed by atoms with E-state index < -0.39 is 8.07 Å². The van der Waals surface area contributed by atoms with E-state index in [4.69, 9.17) is 0 Å². The van der Waals surface area contributed by atoms with Crippen LogP contribution in [0.25, 0.3) is 0 Å². The molecule has 0 aliphatic heterocycles. The number of carbonyl (C=O) groups is 1. The van der Waals surface area contributed by atoms with Gasteiger partial charge in [-0.3, -0.25) is 4.79 Å². The zero-order valence-corrected chi connectivity index (χ0v) is 14.4. The van der Waals surface area contributed by atoms with Crippen LogP contribution in [0, 0.1) is 11.8 Å². The topological polar surface area (TPSA) is 17.1 Å². The highest BCUT2D eigenvalue weighted by Gasteiger charge is 2.54. The molecular weight excluding hydrogens is 248 g/mol. The van der Waals surface area contributed by atoms with Crippen LogP contribution in [-0.4, -0.2) is 13.9 Å². The lowest BCUT2D eigenvalue weighted by Crippen LogP contribution is -2.48. The molecular formula is C17H30OSi. The molecule has 1 nitrogen and oxygen atoms in total. The molecule has 2 rings (SSSR count). The van der Waals surface area contributed by atoms with Crippen molar-refractivity contribution >= 4 is 13.9 Å². The highest BCUT2D eigenvalue weighted by atomic mass is 28.3. The van der Waals surface area contributed by atoms with Gasteiger partial charge < -0.3 is 0 Å². The first kappa shape index (κ1) is 15.0. The summed E-state index contributed by atoms with van der Waals surface area (Å²) in [7, 11) is -1.38. The van der Waals surface area contributed by atoms with Crippen LogP contribution >= 0.6 is 0 Å². The van der Waals surface area contributed by atoms with E-state index in [9.17, 15) is 4.79 Å². The smallest absolute Gasteiger partial charge is 0.159 e. The zero-order chi connectivity index (χ0) is 14.4. The minimum absolute atomic E-state index is 0.341. The molecule has 0 aromatic carbocycles. The Morgan fingerprint density at radius 3 is 1.95 bits per heavy atom. The maximum absolute atomic E-state index is 12.0. The van der Waals surface area contributed by atoms with Gasteiger partial charge in [-0.1, -0.05) is 64.2 Å². The van der Waals surface area contributed by atoms with E-state index in [1.54, 1.807) is 0 Å². The summed E-state index contributed by atoms with van der Waals surface area (Å²) in [6.07, 6.45) is 6.51. The lowest BCUT2D eigenvalue weighted by molar-refractivity contribution is -0.117. The summed E-state index contributed by atoms with van der Waals surface area (Å²) in [6, 6.07) is 0. The molecule has 2 aliphatic carbocycles. The van der Waals surface area contributed by atoms with Crippen LogP contribution in [0.2, 0.25) is 22.2 Å². The number of ketones is 1. The maximum Gasteiger partial charge on any atom is 0.159 e. The Labute approximate surface area is 119 Å². The number of hydrogen-bond acceptors (Lipinski definition) is 1. The molecule has 2 heteroatoms. The van der Waals surface area contributed by atoms with Crippen molar-refractivity contribution in [2.75, 3.05) is 0 Å². The van der Waals surface area contributed by atoms with Crippen LogP contribution in [0.1, 0.15) is 54.4 Å². The minimum Gasteiger partial charge on any atom is -0.295 e. The predicted molar refractivity (Wildman–Crippen MR) is 85.2 cm³/mol. The standard InChI is InChI=1S/C17H30OSi/c1-11(2)19(12(3)4,13(5)6)15-9-14-7-8-17(18)16(14)10-15/h7-8,11-16H,9-10H2,1-6H3/t14-,15-,16+/m1/s1. The molecule has 1 fully saturated rings. The molecule has 0 spiro atoms. The molecule has 0 amide bonds. The van der Waals surface area contributed by atoms with Crippen molar-refractivity contribution in [3.05, 3.63) is 12.2 Å². The second-order valence-electron chi connectivity index (χ2n) is 7.66. The van der Waals surface area contributed by atoms with E-state index in [2.05, 4.69) is 47.6 Å². The lowest BCUT2D eigenvalue weighted by Gasteiger charge is -2.48. The summed E-state index contributed by atoms with van der Waals surface area (Å²) >= 11 is 0. The van der Waals surface area contributed by atoms with Crippen LogP contribution in [0.4, 0.5) is 0 Å². The van der Waals surface area contributed by atoms with E-state index in [0.29, 0.717) is 17.6 Å². The molecule has 2 aliphatic rings. The number of hydrogen-bond donors (Lipinski definition) is 0. The maximum atomic E-state index is 12.0. The first-order valence-electron chi connectivity index (χ1n) is 8.03. The van der Waals surface area contributed by atoms with E-state index in [-0.39, 0.29) is 0 Å². The van der Waals surface area contributed by atoms with Gasteiger partial charge in [0.25, 0.3) is 0 Å². The van der Waals surface area contributed by atoms with Crippen LogP contribution in [0.3, 0.4) is 0 Å². The largest absolute Gasteiger partial charge is 0.295 e. The van der Waals surface area contributed by atoms with Crippen LogP contribution < -0.4 is 0 Å². The van der Waals surface area contributed by atoms with Crippen molar-refractivity contribution in [1.29, 1.82) is 0 Å². The molecule has 0 aromatic heterocycles. The third kappa shape index (κ3) is 2.16. The van der Waals surface area contributed by atoms with Gasteiger partial charge in [-0.05, 0) is 30.4 Å². The Hall–Kier alpha value is -0.373. The van der Waals surface area contributed by atoms with Crippen LogP contribution in [0.15, 0.2) is 12.2 Å². The third-order valence-electron chi connectivity index (χ3n) is 6.19. The van der Waals surface area contributed by atoms with Gasteiger partial charge in [0.2, 0.25) is 0 Å². The zero-order valence-electron chi connectivity index (χ0n) is 13.4. The Bertz CT molecular complexity index is 359. The molecule has 3 atom stereocenters. The van der Waals surface area contributed by atoms with Crippen molar-refractivity contribution < 1.29 is 4.79 Å². The number of rotatable bonds is 4. The first-order chi connectivity index (χ1) is 8.81. The molecule has 0 N–H and O–H groups in total. The number of allylic oxidation sites excluding steroid dienone is 2. The molecule has 1 saturated carbocycles. The van der Waals surface area contributed by atoms with Gasteiger partial charge >= 0.3 is 0 Å². The molecule has 0 unspecified atom stereocenters. The molecule has 0 heterocycles. The summed E-state index contributed by atoms with van der Waals surface area (Å²) in [4.78, 5) is 12.0. The van der Waals surface area contributed by atoms with Gasteiger partial charge in [0.15, 0.2) is 5.78 Å². The second kappa shape index (κ2) is 5.20. The van der Waals surface area contributed by atoms with Crippen molar-refractivity contribution in [2.24, 2.45) is 11.8 Å². The van der Waals surface area contributed by atoms with Gasteiger partial charge in [0.1, 0.15) is 0 Å². The van der Waals surface area contributed by atoms with Gasteiger partial charge in [-0.15, -0.1) is 0 Å². The summed E-state index contributed by atoms with van der Waals surface area (Å²) in [5.41, 5.74) is 3.29. The quantitative estimate of drug-likeness (QED) is 0.646. The van der Waals surface area contributed by atoms with E-state index in [0.717, 1.165) is 22.2 Å². The Morgan fingerprint density at radius 2 is 1.53 bits per heavy atom. The Morgan fingerprint density at radius 1 is 1.00 bits per heavy atom. The summed E-state index contributed by atoms with van der Waals surface area (Å²) in [5, 5.41) is 0. The lowest BCUT2D eigenvalue weighted by atomic mass is 9.99. The summed E-state index contributed by atoms with van der Waals surface area (Å²) in [6.45, 7) is 14.7. The fourth-order valence-corrected chi connectivity index (χ4v) is 13.9. The van der Waals surface area contributed by atoms with Crippen LogP contribution in [-0.2, 0) is 4.79 Å². The molecule has 108 valence electrons. The number of carbonyl (C=O) groups excluding carboxylic acids is 1. The monoisotopic (exact) mass is 278 g/mol. The third-order valence-corrected chi connectivity index (χ3v) is 14.1. The number of fused-ring (bicyclic) bond motifs is 1. The molecule has 0 radical (unpaired) electrons. The predicted octanol–water partition coefficient (Wildman–Crippen LogP) is 5.20. The van der Waals surface area contributed by atoms with Gasteiger partial charge in [0, 0.05) is 5.92 Å². The fraction of sp³-hybridized carbons (Fsp3) is 0.824. The van der Waals surface area contributed by atoms with E-state index in [1.807, 2.05) is 6.08 Å². The van der Waals surface area contributed by atoms with Crippen LogP contribution in [0.5, 0.6) is 0 Å². The van der Waals surface area contributed by atoms with Crippen molar-refractivity contribution in [1.82, 2.24) is 0 Å².